The number of anilines is 1. The Kier molecular flexibility index (Phi) is 4.06. The number of carbonyl (C=O) groups excluding carboxylic acids is 1. The molecule has 0 radical (unpaired) electrons. The molecule has 0 saturated heterocycles. The highest BCUT2D eigenvalue weighted by Crippen LogP contribution is 2.28. The van der Waals surface area contributed by atoms with Crippen LogP contribution in [-0.4, -0.2) is 28.5 Å². The van der Waals surface area contributed by atoms with Crippen LogP contribution < -0.4 is 10.6 Å². The first-order chi connectivity index (χ1) is 10.6. The summed E-state index contributed by atoms with van der Waals surface area (Å²) in [6.45, 7) is 4.55. The summed E-state index contributed by atoms with van der Waals surface area (Å²) in [5.74, 6) is 0.649. The molecule has 3 heterocycles. The largest absolute Gasteiger partial charge is 0.472 e. The smallest absolute Gasteiger partial charge is 0.254 e. The molecule has 1 atom stereocenters. The number of amides is 1. The van der Waals surface area contributed by atoms with Crippen LogP contribution in [0.15, 0.2) is 34.7 Å². The zero-order chi connectivity index (χ0) is 15.5. The van der Waals surface area contributed by atoms with Gasteiger partial charge in [0.1, 0.15) is 23.2 Å². The lowest BCUT2D eigenvalue weighted by Gasteiger charge is -2.15. The number of furan rings is 1. The van der Waals surface area contributed by atoms with Crippen LogP contribution in [0.3, 0.4) is 0 Å². The van der Waals surface area contributed by atoms with Gasteiger partial charge >= 0.3 is 0 Å². The van der Waals surface area contributed by atoms with Gasteiger partial charge in [-0.3, -0.25) is 4.79 Å². The normalized spacial score (nSPS) is 12.3. The maximum absolute atomic E-state index is 11.9. The van der Waals surface area contributed by atoms with Gasteiger partial charge < -0.3 is 15.1 Å². The van der Waals surface area contributed by atoms with E-state index in [1.54, 1.807) is 23.7 Å². The van der Waals surface area contributed by atoms with E-state index in [-0.39, 0.29) is 11.9 Å². The highest BCUT2D eigenvalue weighted by molar-refractivity contribution is 7.17. The van der Waals surface area contributed by atoms with E-state index in [0.717, 1.165) is 21.6 Å². The molecule has 3 rings (SSSR count). The van der Waals surface area contributed by atoms with Gasteiger partial charge in [-0.25, -0.2) is 9.97 Å². The Labute approximate surface area is 131 Å². The number of hydrogen-bond donors (Lipinski definition) is 2. The standard InChI is InChI=1S/C15H16N4O2S/c1-9-7-22-15-12(9)13(17-8-18-15)16-5-10(2)19-14(20)11-3-4-21-6-11/h3-4,6-8,10H,5H2,1-2H3,(H,19,20)(H,16,17,18). The van der Waals surface area contributed by atoms with Crippen molar-refractivity contribution >= 4 is 33.3 Å². The Hall–Kier alpha value is -2.41. The third-order valence-corrected chi connectivity index (χ3v) is 4.29. The highest BCUT2D eigenvalue weighted by atomic mass is 32.1. The van der Waals surface area contributed by atoms with Crippen LogP contribution in [0.2, 0.25) is 0 Å². The number of nitrogens with one attached hydrogen (secondary N) is 2. The quantitative estimate of drug-likeness (QED) is 0.756. The van der Waals surface area contributed by atoms with E-state index in [4.69, 9.17) is 4.42 Å². The van der Waals surface area contributed by atoms with Crippen LogP contribution in [-0.2, 0) is 0 Å². The number of carbonyl (C=O) groups is 1. The van der Waals surface area contributed by atoms with Gasteiger partial charge in [0, 0.05) is 12.6 Å². The second-order valence-electron chi connectivity index (χ2n) is 5.09. The fraction of sp³-hybridized carbons (Fsp3) is 0.267. The molecule has 3 aromatic rings. The van der Waals surface area contributed by atoms with Gasteiger partial charge in [0.25, 0.3) is 5.91 Å². The summed E-state index contributed by atoms with van der Waals surface area (Å²) in [5.41, 5.74) is 1.67. The second kappa shape index (κ2) is 6.15. The van der Waals surface area contributed by atoms with Gasteiger partial charge in [-0.05, 0) is 30.9 Å². The van der Waals surface area contributed by atoms with Crippen molar-refractivity contribution < 1.29 is 9.21 Å². The first kappa shape index (κ1) is 14.5. The number of fused-ring (bicyclic) bond motifs is 1. The Morgan fingerprint density at radius 3 is 3.09 bits per heavy atom. The molecule has 1 unspecified atom stereocenters. The maximum atomic E-state index is 11.9. The number of nitrogens with zero attached hydrogens (tertiary/aromatic N) is 2. The molecule has 0 fully saturated rings. The average molecular weight is 316 g/mol. The zero-order valence-corrected chi connectivity index (χ0v) is 13.1. The minimum atomic E-state index is -0.150. The Morgan fingerprint density at radius 1 is 1.45 bits per heavy atom. The highest BCUT2D eigenvalue weighted by Gasteiger charge is 2.12. The molecule has 114 valence electrons. The number of aryl methyl sites for hydroxylation is 1. The van der Waals surface area contributed by atoms with E-state index in [1.807, 2.05) is 13.8 Å². The molecule has 3 aromatic heterocycles. The van der Waals surface area contributed by atoms with Crippen molar-refractivity contribution in [3.63, 3.8) is 0 Å². The van der Waals surface area contributed by atoms with Crippen LogP contribution >= 0.6 is 11.3 Å². The summed E-state index contributed by atoms with van der Waals surface area (Å²) in [4.78, 5) is 21.4. The second-order valence-corrected chi connectivity index (χ2v) is 5.95. The van der Waals surface area contributed by atoms with E-state index >= 15 is 0 Å². The molecule has 7 heteroatoms. The van der Waals surface area contributed by atoms with Crippen molar-refractivity contribution in [3.05, 3.63) is 41.4 Å². The summed E-state index contributed by atoms with van der Waals surface area (Å²) in [6.07, 6.45) is 4.46. The van der Waals surface area contributed by atoms with Crippen molar-refractivity contribution in [2.75, 3.05) is 11.9 Å². The van der Waals surface area contributed by atoms with E-state index < -0.39 is 0 Å². The third kappa shape index (κ3) is 2.94. The van der Waals surface area contributed by atoms with Gasteiger partial charge in [-0.15, -0.1) is 11.3 Å². The van der Waals surface area contributed by atoms with Crippen molar-refractivity contribution in [2.45, 2.75) is 19.9 Å². The molecule has 0 aliphatic rings. The van der Waals surface area contributed by atoms with Crippen molar-refractivity contribution in [1.29, 1.82) is 0 Å². The van der Waals surface area contributed by atoms with Crippen molar-refractivity contribution in [3.8, 4) is 0 Å². The molecule has 1 amide bonds. The Bertz CT molecular complexity index is 782. The van der Waals surface area contributed by atoms with Crippen LogP contribution in [0.1, 0.15) is 22.8 Å². The number of thiophene rings is 1. The molecule has 0 aliphatic heterocycles. The molecule has 2 N–H and O–H groups in total. The summed E-state index contributed by atoms with van der Waals surface area (Å²) in [7, 11) is 0. The maximum Gasteiger partial charge on any atom is 0.254 e. The van der Waals surface area contributed by atoms with Gasteiger partial charge in [0.2, 0.25) is 0 Å². The SMILES string of the molecule is Cc1csc2ncnc(NCC(C)NC(=O)c3ccoc3)c12. The summed E-state index contributed by atoms with van der Waals surface area (Å²) < 4.78 is 4.91. The molecule has 0 aromatic carbocycles. The lowest BCUT2D eigenvalue weighted by atomic mass is 10.2. The van der Waals surface area contributed by atoms with E-state index in [2.05, 4.69) is 26.0 Å². The van der Waals surface area contributed by atoms with Crippen LogP contribution in [0, 0.1) is 6.92 Å². The average Bonchev–Trinajstić information content (AvgIpc) is 3.16. The van der Waals surface area contributed by atoms with E-state index in [0.29, 0.717) is 12.1 Å². The van der Waals surface area contributed by atoms with Crippen LogP contribution in [0.4, 0.5) is 5.82 Å². The lowest BCUT2D eigenvalue weighted by molar-refractivity contribution is 0.0941. The molecule has 0 bridgehead atoms. The van der Waals surface area contributed by atoms with E-state index in [9.17, 15) is 4.79 Å². The lowest BCUT2D eigenvalue weighted by Crippen LogP contribution is -2.37. The molecular weight excluding hydrogens is 300 g/mol. The van der Waals surface area contributed by atoms with Crippen molar-refractivity contribution in [1.82, 2.24) is 15.3 Å². The number of rotatable bonds is 5. The fourth-order valence-electron chi connectivity index (χ4n) is 2.15. The van der Waals surface area contributed by atoms with E-state index in [1.165, 1.54) is 12.5 Å². The molecule has 0 spiro atoms. The van der Waals surface area contributed by atoms with Gasteiger partial charge in [0.05, 0.1) is 17.2 Å². The van der Waals surface area contributed by atoms with Crippen LogP contribution in [0.5, 0.6) is 0 Å². The first-order valence-corrected chi connectivity index (χ1v) is 7.79. The third-order valence-electron chi connectivity index (χ3n) is 3.29. The monoisotopic (exact) mass is 316 g/mol. The first-order valence-electron chi connectivity index (χ1n) is 6.91. The van der Waals surface area contributed by atoms with Gasteiger partial charge in [-0.2, -0.15) is 0 Å². The van der Waals surface area contributed by atoms with Gasteiger partial charge in [-0.1, -0.05) is 0 Å². The summed E-state index contributed by atoms with van der Waals surface area (Å²) in [6, 6.07) is 1.59. The number of hydrogen-bond acceptors (Lipinski definition) is 6. The summed E-state index contributed by atoms with van der Waals surface area (Å²) >= 11 is 1.60. The van der Waals surface area contributed by atoms with Crippen LogP contribution in [0.25, 0.3) is 10.2 Å². The molecular formula is C15H16N4O2S. The molecule has 0 aliphatic carbocycles. The zero-order valence-electron chi connectivity index (χ0n) is 12.3. The molecule has 0 saturated carbocycles. The minimum Gasteiger partial charge on any atom is -0.472 e. The summed E-state index contributed by atoms with van der Waals surface area (Å²) in [5, 5.41) is 9.30. The topological polar surface area (TPSA) is 80.0 Å². The predicted octanol–water partition coefficient (Wildman–Crippen LogP) is 2.82. The fourth-order valence-corrected chi connectivity index (χ4v) is 3.04. The predicted molar refractivity (Wildman–Crippen MR) is 86.3 cm³/mol. The Balaban J connectivity index is 1.64. The Morgan fingerprint density at radius 2 is 2.32 bits per heavy atom. The number of aromatic nitrogens is 2. The van der Waals surface area contributed by atoms with Crippen molar-refractivity contribution in [2.24, 2.45) is 0 Å². The minimum absolute atomic E-state index is 0.0497. The molecule has 6 nitrogen and oxygen atoms in total. The molecule has 22 heavy (non-hydrogen) atoms. The van der Waals surface area contributed by atoms with Gasteiger partial charge in [0.15, 0.2) is 0 Å².